The van der Waals surface area contributed by atoms with Gasteiger partial charge in [-0.1, -0.05) is 195 Å². The number of esters is 3. The van der Waals surface area contributed by atoms with Crippen LogP contribution in [0.4, 0.5) is 0 Å². The molecule has 6 heteroatoms. The lowest BCUT2D eigenvalue weighted by molar-refractivity contribution is -0.167. The van der Waals surface area contributed by atoms with Gasteiger partial charge in [0.25, 0.3) is 0 Å². The molecule has 0 aromatic heterocycles. The molecule has 0 rings (SSSR count). The van der Waals surface area contributed by atoms with Gasteiger partial charge in [0.15, 0.2) is 6.10 Å². The molecular formula is C57H94O6. The minimum Gasteiger partial charge on any atom is -0.462 e. The summed E-state index contributed by atoms with van der Waals surface area (Å²) in [5, 5.41) is 0. The summed E-state index contributed by atoms with van der Waals surface area (Å²) in [6.45, 7) is 6.31. The van der Waals surface area contributed by atoms with Gasteiger partial charge in [0.2, 0.25) is 0 Å². The highest BCUT2D eigenvalue weighted by Crippen LogP contribution is 2.13. The second-order valence-corrected chi connectivity index (χ2v) is 16.7. The number of allylic oxidation sites excluding steroid dienone is 16. The van der Waals surface area contributed by atoms with Crippen molar-refractivity contribution in [3.8, 4) is 0 Å². The topological polar surface area (TPSA) is 78.9 Å². The van der Waals surface area contributed by atoms with Crippen LogP contribution in [0, 0.1) is 0 Å². The van der Waals surface area contributed by atoms with Crippen LogP contribution in [0.1, 0.15) is 226 Å². The first-order valence-electron chi connectivity index (χ1n) is 25.7. The van der Waals surface area contributed by atoms with Crippen molar-refractivity contribution in [2.75, 3.05) is 13.2 Å². The molecule has 0 amide bonds. The van der Waals surface area contributed by atoms with E-state index in [0.29, 0.717) is 19.3 Å². The molecule has 63 heavy (non-hydrogen) atoms. The molecule has 0 aliphatic rings. The second-order valence-electron chi connectivity index (χ2n) is 16.7. The van der Waals surface area contributed by atoms with E-state index >= 15 is 0 Å². The smallest absolute Gasteiger partial charge is 0.306 e. The van der Waals surface area contributed by atoms with Crippen LogP contribution in [0.2, 0.25) is 0 Å². The third-order valence-corrected chi connectivity index (χ3v) is 10.6. The van der Waals surface area contributed by atoms with Crippen LogP contribution in [0.25, 0.3) is 0 Å². The lowest BCUT2D eigenvalue weighted by atomic mass is 10.1. The fraction of sp³-hybridized carbons (Fsp3) is 0.667. The minimum atomic E-state index is -0.818. The van der Waals surface area contributed by atoms with E-state index < -0.39 is 6.10 Å². The summed E-state index contributed by atoms with van der Waals surface area (Å²) in [6.07, 6.45) is 67.0. The van der Waals surface area contributed by atoms with Gasteiger partial charge >= 0.3 is 17.9 Å². The first-order valence-corrected chi connectivity index (χ1v) is 25.7. The first kappa shape index (κ1) is 59.3. The van der Waals surface area contributed by atoms with Gasteiger partial charge < -0.3 is 14.2 Å². The largest absolute Gasteiger partial charge is 0.462 e. The molecule has 0 fully saturated rings. The zero-order valence-electron chi connectivity index (χ0n) is 40.8. The van der Waals surface area contributed by atoms with Gasteiger partial charge in [-0.15, -0.1) is 0 Å². The Hall–Kier alpha value is -3.67. The van der Waals surface area contributed by atoms with Crippen LogP contribution in [0.3, 0.4) is 0 Å². The van der Waals surface area contributed by atoms with Crippen molar-refractivity contribution in [1.29, 1.82) is 0 Å². The molecule has 358 valence electrons. The van der Waals surface area contributed by atoms with Gasteiger partial charge in [0, 0.05) is 19.3 Å². The molecule has 0 radical (unpaired) electrons. The van der Waals surface area contributed by atoms with E-state index in [1.54, 1.807) is 0 Å². The Kier molecular flexibility index (Phi) is 48.0. The number of ether oxygens (including phenoxy) is 3. The van der Waals surface area contributed by atoms with E-state index in [-0.39, 0.29) is 37.5 Å². The van der Waals surface area contributed by atoms with Crippen molar-refractivity contribution < 1.29 is 28.6 Å². The van der Waals surface area contributed by atoms with E-state index in [0.717, 1.165) is 89.9 Å². The zero-order valence-corrected chi connectivity index (χ0v) is 40.8. The Balaban J connectivity index is 4.42. The lowest BCUT2D eigenvalue weighted by Gasteiger charge is -2.18. The number of unbranched alkanes of at least 4 members (excludes halogenated alkanes) is 18. The standard InChI is InChI=1S/C57H94O6/c1-4-7-10-13-16-19-21-23-25-27-28-30-31-33-35-38-41-44-47-50-56(59)62-53-54(52-61-55(58)49-46-43-40-37-18-15-12-9-6-3)63-57(60)51-48-45-42-39-36-34-32-29-26-24-22-20-17-14-11-8-5-2/h7,9-10,12,16,18-19,23-26,32,34,37,39,42,54H,4-6,8,11,13-15,17,20-22,27-31,33,35-36,38,40-41,43-53H2,1-3H3/b10-7-,12-9-,19-16-,25-23-,26-24-,34-32-,37-18-,42-39-. The van der Waals surface area contributed by atoms with E-state index in [2.05, 4.69) is 118 Å². The number of hydrogen-bond acceptors (Lipinski definition) is 6. The van der Waals surface area contributed by atoms with E-state index in [4.69, 9.17) is 14.2 Å². The molecule has 0 spiro atoms. The van der Waals surface area contributed by atoms with Crippen molar-refractivity contribution in [2.45, 2.75) is 232 Å². The summed E-state index contributed by atoms with van der Waals surface area (Å²) in [6, 6.07) is 0. The predicted octanol–water partition coefficient (Wildman–Crippen LogP) is 17.0. The highest BCUT2D eigenvalue weighted by Gasteiger charge is 2.19. The minimum absolute atomic E-state index is 0.112. The van der Waals surface area contributed by atoms with Crippen molar-refractivity contribution in [3.63, 3.8) is 0 Å². The summed E-state index contributed by atoms with van der Waals surface area (Å²) >= 11 is 0. The summed E-state index contributed by atoms with van der Waals surface area (Å²) in [4.78, 5) is 37.9. The average molecular weight is 875 g/mol. The van der Waals surface area contributed by atoms with Gasteiger partial charge in [-0.05, 0) is 109 Å². The number of hydrogen-bond donors (Lipinski definition) is 0. The third-order valence-electron chi connectivity index (χ3n) is 10.6. The molecule has 0 saturated heterocycles. The molecule has 0 N–H and O–H groups in total. The number of carbonyl (C=O) groups is 3. The fourth-order valence-electron chi connectivity index (χ4n) is 6.74. The number of carbonyl (C=O) groups excluding carboxylic acids is 3. The summed E-state index contributed by atoms with van der Waals surface area (Å²) in [5.41, 5.74) is 0. The van der Waals surface area contributed by atoms with Gasteiger partial charge in [0.1, 0.15) is 13.2 Å². The first-order chi connectivity index (χ1) is 31.0. The maximum absolute atomic E-state index is 12.8. The van der Waals surface area contributed by atoms with Crippen LogP contribution in [-0.2, 0) is 28.6 Å². The molecule has 0 aliphatic carbocycles. The summed E-state index contributed by atoms with van der Waals surface area (Å²) in [5.74, 6) is -1.01. The Bertz CT molecular complexity index is 1280. The van der Waals surface area contributed by atoms with Crippen molar-refractivity contribution in [2.24, 2.45) is 0 Å². The maximum atomic E-state index is 12.8. The van der Waals surface area contributed by atoms with Gasteiger partial charge in [-0.2, -0.15) is 0 Å². The molecule has 0 heterocycles. The highest BCUT2D eigenvalue weighted by atomic mass is 16.6. The highest BCUT2D eigenvalue weighted by molar-refractivity contribution is 5.71. The van der Waals surface area contributed by atoms with Gasteiger partial charge in [-0.25, -0.2) is 0 Å². The second kappa shape index (κ2) is 51.0. The van der Waals surface area contributed by atoms with Crippen LogP contribution in [-0.4, -0.2) is 37.2 Å². The van der Waals surface area contributed by atoms with Crippen LogP contribution < -0.4 is 0 Å². The summed E-state index contributed by atoms with van der Waals surface area (Å²) < 4.78 is 16.7. The molecule has 0 aliphatic heterocycles. The van der Waals surface area contributed by atoms with Gasteiger partial charge in [0.05, 0.1) is 0 Å². The molecule has 0 bridgehead atoms. The Morgan fingerprint density at radius 2 is 0.635 bits per heavy atom. The van der Waals surface area contributed by atoms with E-state index in [1.807, 2.05) is 0 Å². The third kappa shape index (κ3) is 49.2. The van der Waals surface area contributed by atoms with Crippen LogP contribution >= 0.6 is 0 Å². The Morgan fingerprint density at radius 3 is 1.05 bits per heavy atom. The quantitative estimate of drug-likeness (QED) is 0.0262. The molecule has 0 aromatic rings. The van der Waals surface area contributed by atoms with E-state index in [9.17, 15) is 14.4 Å². The monoisotopic (exact) mass is 875 g/mol. The van der Waals surface area contributed by atoms with E-state index in [1.165, 1.54) is 89.9 Å². The van der Waals surface area contributed by atoms with Crippen molar-refractivity contribution in [1.82, 2.24) is 0 Å². The predicted molar refractivity (Wildman–Crippen MR) is 270 cm³/mol. The molecule has 0 saturated carbocycles. The Labute approximate surface area is 387 Å². The zero-order chi connectivity index (χ0) is 45.8. The molecule has 0 aromatic carbocycles. The van der Waals surface area contributed by atoms with Crippen molar-refractivity contribution >= 4 is 17.9 Å². The maximum Gasteiger partial charge on any atom is 0.306 e. The lowest BCUT2D eigenvalue weighted by Crippen LogP contribution is -2.30. The fourth-order valence-corrected chi connectivity index (χ4v) is 6.74. The molecule has 6 nitrogen and oxygen atoms in total. The van der Waals surface area contributed by atoms with Crippen LogP contribution in [0.5, 0.6) is 0 Å². The molecular weight excluding hydrogens is 781 g/mol. The van der Waals surface area contributed by atoms with Crippen LogP contribution in [0.15, 0.2) is 97.2 Å². The molecule has 1 unspecified atom stereocenters. The van der Waals surface area contributed by atoms with Crippen molar-refractivity contribution in [3.05, 3.63) is 97.2 Å². The van der Waals surface area contributed by atoms with Gasteiger partial charge in [-0.3, -0.25) is 14.4 Å². The SMILES string of the molecule is CC/C=C\C/C=C\C/C=C\CCCCCCCCCCCC(=O)OCC(COC(=O)CCCC/C=C\C/C=C\CC)OC(=O)CCC/C=C\C/C=C\C/C=C\CCCCCCCC. The normalized spacial score (nSPS) is 12.9. The Morgan fingerprint density at radius 1 is 0.333 bits per heavy atom. The average Bonchev–Trinajstić information content (AvgIpc) is 3.28. The number of rotatable bonds is 45. The summed E-state index contributed by atoms with van der Waals surface area (Å²) in [7, 11) is 0. The molecule has 1 atom stereocenters.